The predicted octanol–water partition coefficient (Wildman–Crippen LogP) is 4.69. The zero-order valence-electron chi connectivity index (χ0n) is 41.4. The van der Waals surface area contributed by atoms with Crippen molar-refractivity contribution in [1.82, 2.24) is 6.15 Å². The van der Waals surface area contributed by atoms with Gasteiger partial charge in [-0.3, -0.25) is 4.79 Å². The Hall–Kier alpha value is -1.17. The number of ether oxygens (including phenoxy) is 12. The van der Waals surface area contributed by atoms with E-state index in [-0.39, 0.29) is 66.9 Å². The molecule has 7 aliphatic heterocycles. The number of quaternary nitrogens is 1. The number of carbonyl (C=O) groups is 1. The average molecular weight is 935 g/mol. The van der Waals surface area contributed by atoms with Crippen molar-refractivity contribution in [2.45, 2.75) is 234 Å². The molecule has 7 rings (SSSR count). The highest BCUT2D eigenvalue weighted by molar-refractivity contribution is 5.68. The van der Waals surface area contributed by atoms with Crippen molar-refractivity contribution in [3.63, 3.8) is 0 Å². The van der Waals surface area contributed by atoms with Gasteiger partial charge in [-0.1, -0.05) is 34.6 Å². The predicted molar refractivity (Wildman–Crippen MR) is 234 cm³/mol. The molecule has 7 saturated heterocycles. The molecular weight excluding hydrogens is 851 g/mol. The number of rotatable bonds is 13. The summed E-state index contributed by atoms with van der Waals surface area (Å²) in [6, 6.07) is 0. The highest BCUT2D eigenvalue weighted by Crippen LogP contribution is 2.55. The van der Waals surface area contributed by atoms with Gasteiger partial charge in [-0.05, 0) is 59.3 Å². The molecule has 18 heteroatoms. The summed E-state index contributed by atoms with van der Waals surface area (Å²) in [7, 11) is 6.37. The summed E-state index contributed by atoms with van der Waals surface area (Å²) < 4.78 is 77.6. The number of methoxy groups -OCH3 is 4. The van der Waals surface area contributed by atoms with Crippen LogP contribution in [0.2, 0.25) is 0 Å². The highest BCUT2D eigenvalue weighted by atomic mass is 16.7. The molecule has 24 atom stereocenters. The molecule has 7 heterocycles. The molecular formula is C47H84NO17+. The van der Waals surface area contributed by atoms with Crippen molar-refractivity contribution in [3.8, 4) is 0 Å². The van der Waals surface area contributed by atoms with Gasteiger partial charge in [0.25, 0.3) is 0 Å². The van der Waals surface area contributed by atoms with E-state index in [0.717, 1.165) is 6.42 Å². The molecule has 7 aliphatic rings. The first-order chi connectivity index (χ1) is 30.0. The van der Waals surface area contributed by atoms with Crippen LogP contribution >= 0.6 is 0 Å². The number of aliphatic hydroxyl groups is 3. The van der Waals surface area contributed by atoms with E-state index < -0.39 is 102 Å². The van der Waals surface area contributed by atoms with Crippen molar-refractivity contribution < 1.29 is 82.1 Å². The molecule has 378 valence electrons. The van der Waals surface area contributed by atoms with E-state index in [1.807, 2.05) is 34.6 Å². The number of aliphatic carboxylic acids is 1. The summed E-state index contributed by atoms with van der Waals surface area (Å²) in [4.78, 5) is 11.9. The van der Waals surface area contributed by atoms with E-state index in [1.165, 1.54) is 14.2 Å². The highest BCUT2D eigenvalue weighted by Gasteiger charge is 2.64. The minimum absolute atomic E-state index is 0. The molecule has 0 aromatic heterocycles. The smallest absolute Gasteiger partial charge is 0.308 e. The molecule has 0 aromatic carbocycles. The SMILES string of the molecule is CO[C@@H]1[C@@H](OC)[C@H](C)[C@@](O)(CC(=O)O)O[C@H]1[C@H](C)[C@H]1O[C@@]2(CC[C@@](C)([C@H]3CC[C@@](C)([C@@H]4O[C@@H]([C@H]5O[C@](C)(O)[C@H](C)C[C@@H]5C)C[C@@H]4O[C@@H]4C[C@H](OC)[C@@H](OC)[C@H](C)O4)O3)O2)C[C@H](O)[C@H]1C.[NH4+]. The first-order valence-corrected chi connectivity index (χ1v) is 23.8. The van der Waals surface area contributed by atoms with Crippen molar-refractivity contribution in [3.05, 3.63) is 0 Å². The maximum absolute atomic E-state index is 11.9. The van der Waals surface area contributed by atoms with Gasteiger partial charge in [-0.2, -0.15) is 0 Å². The minimum atomic E-state index is -2.03. The molecule has 0 aliphatic carbocycles. The van der Waals surface area contributed by atoms with Gasteiger partial charge in [-0.15, -0.1) is 0 Å². The first-order valence-electron chi connectivity index (χ1n) is 23.8. The van der Waals surface area contributed by atoms with Gasteiger partial charge < -0.3 is 83.4 Å². The molecule has 0 radical (unpaired) electrons. The monoisotopic (exact) mass is 935 g/mol. The molecule has 1 spiro atoms. The van der Waals surface area contributed by atoms with Crippen LogP contribution in [0.5, 0.6) is 0 Å². The Morgan fingerprint density at radius 3 is 2.08 bits per heavy atom. The molecule has 0 amide bonds. The van der Waals surface area contributed by atoms with E-state index in [9.17, 15) is 25.2 Å². The molecule has 65 heavy (non-hydrogen) atoms. The number of hydrogen-bond acceptors (Lipinski definition) is 16. The fraction of sp³-hybridized carbons (Fsp3) is 0.979. The Kier molecular flexibility index (Phi) is 16.3. The summed E-state index contributed by atoms with van der Waals surface area (Å²) in [6.45, 7) is 17.5. The Morgan fingerprint density at radius 2 is 1.45 bits per heavy atom. The topological polar surface area (TPSA) is 245 Å². The van der Waals surface area contributed by atoms with Crippen LogP contribution in [0.1, 0.15) is 120 Å². The normalized spacial score (nSPS) is 53.2. The third-order valence-corrected chi connectivity index (χ3v) is 16.8. The van der Waals surface area contributed by atoms with Gasteiger partial charge in [0.2, 0.25) is 0 Å². The fourth-order valence-corrected chi connectivity index (χ4v) is 12.7. The van der Waals surface area contributed by atoms with Crippen LogP contribution in [0.3, 0.4) is 0 Å². The Labute approximate surface area is 385 Å². The van der Waals surface area contributed by atoms with Gasteiger partial charge in [0, 0.05) is 77.8 Å². The third-order valence-electron chi connectivity index (χ3n) is 16.8. The molecule has 0 aromatic rings. The first kappa shape index (κ1) is 53.2. The zero-order chi connectivity index (χ0) is 46.9. The molecule has 0 unspecified atom stereocenters. The van der Waals surface area contributed by atoms with Crippen molar-refractivity contribution in [2.24, 2.45) is 29.6 Å². The van der Waals surface area contributed by atoms with Crippen LogP contribution in [0.15, 0.2) is 0 Å². The third kappa shape index (κ3) is 10.1. The van der Waals surface area contributed by atoms with Crippen molar-refractivity contribution in [1.29, 1.82) is 0 Å². The van der Waals surface area contributed by atoms with Crippen LogP contribution in [-0.4, -0.2) is 169 Å². The van der Waals surface area contributed by atoms with Crippen molar-refractivity contribution >= 4 is 5.97 Å². The Balaban J connectivity index is 0.00000700. The maximum Gasteiger partial charge on any atom is 0.308 e. The molecule has 18 nitrogen and oxygen atoms in total. The number of carboxylic acids is 1. The van der Waals surface area contributed by atoms with Crippen LogP contribution in [0.25, 0.3) is 0 Å². The van der Waals surface area contributed by atoms with Gasteiger partial charge in [-0.25, -0.2) is 0 Å². The van der Waals surface area contributed by atoms with Gasteiger partial charge in [0.05, 0.1) is 78.7 Å². The van der Waals surface area contributed by atoms with E-state index in [1.54, 1.807) is 28.1 Å². The summed E-state index contributed by atoms with van der Waals surface area (Å²) in [5.74, 6) is -7.18. The average Bonchev–Trinajstić information content (AvgIpc) is 3.94. The van der Waals surface area contributed by atoms with Crippen LogP contribution < -0.4 is 6.15 Å². The van der Waals surface area contributed by atoms with Crippen molar-refractivity contribution in [2.75, 3.05) is 28.4 Å². The van der Waals surface area contributed by atoms with Crippen LogP contribution in [0, 0.1) is 29.6 Å². The quantitative estimate of drug-likeness (QED) is 0.168. The number of aliphatic hydroxyl groups excluding tert-OH is 1. The standard InChI is InChI=1S/C47H80O17.H3N/c1-23-18-24(2)45(9,51)61-36(23)31-19-32(58-35-20-30(53-10)40(55-12)28(6)57-35)42(59-31)44(8)15-14-33(60-44)43(7)16-17-46(64-43)21-29(48)25(3)37(62-46)26(4)38-41(56-13)39(54-11)27(5)47(52,63-38)22-34(49)50;/h23-33,35-42,48,51-52H,14-22H2,1-13H3,(H,49,50);1H3/p+1/t23-,24+,25+,26+,27-,28-,29-,30-,31+,32-,33+,35+,36-,37-,38-,39-,40-,41-,42+,43-,44-,45-,46+,47+;/m0./s1. The molecule has 0 saturated carbocycles. The second-order valence-electron chi connectivity index (χ2n) is 21.3. The molecule has 8 N–H and O–H groups in total. The van der Waals surface area contributed by atoms with Crippen LogP contribution in [0.4, 0.5) is 0 Å². The van der Waals surface area contributed by atoms with Crippen LogP contribution in [-0.2, 0) is 61.6 Å². The van der Waals surface area contributed by atoms with Gasteiger partial charge in [0.1, 0.15) is 18.3 Å². The maximum atomic E-state index is 11.9. The van der Waals surface area contributed by atoms with E-state index in [0.29, 0.717) is 38.5 Å². The Bertz CT molecular complexity index is 1610. The van der Waals surface area contributed by atoms with Gasteiger partial charge >= 0.3 is 5.97 Å². The van der Waals surface area contributed by atoms with E-state index >= 15 is 0 Å². The summed E-state index contributed by atoms with van der Waals surface area (Å²) >= 11 is 0. The lowest BCUT2D eigenvalue weighted by atomic mass is 9.75. The number of carboxylic acid groups (broad SMARTS) is 1. The lowest BCUT2D eigenvalue weighted by Crippen LogP contribution is -2.65. The van der Waals surface area contributed by atoms with E-state index in [4.69, 9.17) is 56.8 Å². The summed E-state index contributed by atoms with van der Waals surface area (Å²) in [5.41, 5.74) is -1.60. The zero-order valence-corrected chi connectivity index (χ0v) is 41.4. The molecule has 7 fully saturated rings. The minimum Gasteiger partial charge on any atom is -0.481 e. The number of hydrogen-bond donors (Lipinski definition) is 5. The van der Waals surface area contributed by atoms with E-state index in [2.05, 4.69) is 13.8 Å². The fourth-order valence-electron chi connectivity index (χ4n) is 12.7. The summed E-state index contributed by atoms with van der Waals surface area (Å²) in [5, 5.41) is 44.3. The summed E-state index contributed by atoms with van der Waals surface area (Å²) in [6.07, 6.45) is -3.18. The lowest BCUT2D eigenvalue weighted by Gasteiger charge is -2.53. The second kappa shape index (κ2) is 19.9. The molecule has 0 bridgehead atoms. The second-order valence-corrected chi connectivity index (χ2v) is 21.3. The Morgan fingerprint density at radius 1 is 0.769 bits per heavy atom. The van der Waals surface area contributed by atoms with Gasteiger partial charge in [0.15, 0.2) is 23.7 Å². The lowest BCUT2D eigenvalue weighted by molar-refractivity contribution is -0.365. The largest absolute Gasteiger partial charge is 0.481 e.